The summed E-state index contributed by atoms with van der Waals surface area (Å²) in [5, 5.41) is 15.5. The van der Waals surface area contributed by atoms with Crippen LogP contribution in [-0.2, 0) is 11.2 Å². The first-order chi connectivity index (χ1) is 11.0. The molecule has 3 atom stereocenters. The number of carbonyl (C=O) groups is 1. The Hall–Kier alpha value is -1.91. The summed E-state index contributed by atoms with van der Waals surface area (Å²) < 4.78 is 0. The van der Waals surface area contributed by atoms with Crippen molar-refractivity contribution in [3.05, 3.63) is 48.0 Å². The van der Waals surface area contributed by atoms with E-state index in [0.29, 0.717) is 18.5 Å². The molecule has 1 saturated heterocycles. The number of nitrogens with zero attached hydrogens (tertiary/aromatic N) is 1. The van der Waals surface area contributed by atoms with Crippen LogP contribution in [0.3, 0.4) is 0 Å². The zero-order valence-corrected chi connectivity index (χ0v) is 13.7. The first kappa shape index (κ1) is 16.0. The van der Waals surface area contributed by atoms with Crippen LogP contribution in [0, 0.1) is 0 Å². The lowest BCUT2D eigenvalue weighted by Gasteiger charge is -2.39. The van der Waals surface area contributed by atoms with Crippen molar-refractivity contribution in [2.45, 2.75) is 38.4 Å². The van der Waals surface area contributed by atoms with E-state index in [1.807, 2.05) is 18.2 Å². The van der Waals surface area contributed by atoms with Crippen LogP contribution in [0.2, 0.25) is 0 Å². The van der Waals surface area contributed by atoms with Gasteiger partial charge in [0.25, 0.3) is 0 Å². The molecule has 1 aliphatic heterocycles. The molecule has 122 valence electrons. The number of nitrogens with one attached hydrogen (secondary N) is 1. The third-order valence-corrected chi connectivity index (χ3v) is 4.55. The molecule has 1 heterocycles. The molecule has 2 aromatic rings. The van der Waals surface area contributed by atoms with E-state index in [0.717, 1.165) is 24.0 Å². The standard InChI is InChI=1S/C19H24N2O2/c1-13-11-21(12-14(2)20-13)18(19(22)23)10-15-7-8-16-5-3-4-6-17(16)9-15/h3-9,13-14,18,20H,10-12H2,1-2H3,(H,22,23)/t13-,14+,18?. The molecule has 2 N–H and O–H groups in total. The monoisotopic (exact) mass is 312 g/mol. The van der Waals surface area contributed by atoms with Crippen LogP contribution in [0.1, 0.15) is 19.4 Å². The smallest absolute Gasteiger partial charge is 0.321 e. The second-order valence-corrected chi connectivity index (χ2v) is 6.66. The van der Waals surface area contributed by atoms with Crippen LogP contribution in [0.25, 0.3) is 10.8 Å². The summed E-state index contributed by atoms with van der Waals surface area (Å²) >= 11 is 0. The van der Waals surface area contributed by atoms with Gasteiger partial charge in [-0.1, -0.05) is 42.5 Å². The molecule has 2 aromatic carbocycles. The van der Waals surface area contributed by atoms with Gasteiger partial charge in [-0.25, -0.2) is 0 Å². The lowest BCUT2D eigenvalue weighted by molar-refractivity contribution is -0.144. The number of aliphatic carboxylic acids is 1. The Morgan fingerprint density at radius 2 is 1.83 bits per heavy atom. The molecule has 0 aliphatic carbocycles. The fourth-order valence-corrected chi connectivity index (χ4v) is 3.59. The van der Waals surface area contributed by atoms with Gasteiger partial charge in [0.1, 0.15) is 6.04 Å². The maximum absolute atomic E-state index is 11.8. The van der Waals surface area contributed by atoms with Crippen molar-refractivity contribution in [2.24, 2.45) is 0 Å². The summed E-state index contributed by atoms with van der Waals surface area (Å²) in [5.41, 5.74) is 1.08. The van der Waals surface area contributed by atoms with Crippen molar-refractivity contribution in [3.63, 3.8) is 0 Å². The van der Waals surface area contributed by atoms with E-state index in [9.17, 15) is 9.90 Å². The topological polar surface area (TPSA) is 52.6 Å². The Morgan fingerprint density at radius 1 is 1.17 bits per heavy atom. The highest BCUT2D eigenvalue weighted by atomic mass is 16.4. The summed E-state index contributed by atoms with van der Waals surface area (Å²) in [6, 6.07) is 14.6. The number of carboxylic acid groups (broad SMARTS) is 1. The van der Waals surface area contributed by atoms with Crippen LogP contribution < -0.4 is 5.32 Å². The molecular formula is C19H24N2O2. The van der Waals surface area contributed by atoms with Crippen LogP contribution in [-0.4, -0.2) is 47.2 Å². The molecule has 0 bridgehead atoms. The molecule has 4 nitrogen and oxygen atoms in total. The predicted octanol–water partition coefficient (Wildman–Crippen LogP) is 2.52. The van der Waals surface area contributed by atoms with Gasteiger partial charge in [0.05, 0.1) is 0 Å². The molecular weight excluding hydrogens is 288 g/mol. The lowest BCUT2D eigenvalue weighted by atomic mass is 9.99. The zero-order chi connectivity index (χ0) is 16.4. The summed E-state index contributed by atoms with van der Waals surface area (Å²) in [4.78, 5) is 13.9. The minimum atomic E-state index is -0.737. The van der Waals surface area contributed by atoms with Crippen molar-refractivity contribution in [2.75, 3.05) is 13.1 Å². The normalized spacial score (nSPS) is 23.7. The van der Waals surface area contributed by atoms with E-state index in [-0.39, 0.29) is 0 Å². The van der Waals surface area contributed by atoms with Gasteiger partial charge in [-0.15, -0.1) is 0 Å². The largest absolute Gasteiger partial charge is 0.480 e. The molecule has 4 heteroatoms. The quantitative estimate of drug-likeness (QED) is 0.911. The number of fused-ring (bicyclic) bond motifs is 1. The molecule has 0 aromatic heterocycles. The third-order valence-electron chi connectivity index (χ3n) is 4.55. The van der Waals surface area contributed by atoms with Gasteiger partial charge in [0.15, 0.2) is 0 Å². The maximum Gasteiger partial charge on any atom is 0.321 e. The fraction of sp³-hybridized carbons (Fsp3) is 0.421. The van der Waals surface area contributed by atoms with Gasteiger partial charge < -0.3 is 10.4 Å². The molecule has 1 fully saturated rings. The number of carboxylic acids is 1. The summed E-state index contributed by atoms with van der Waals surface area (Å²) in [6.07, 6.45) is 0.541. The molecule has 23 heavy (non-hydrogen) atoms. The van der Waals surface area contributed by atoms with Gasteiger partial charge in [0, 0.05) is 25.2 Å². The highest BCUT2D eigenvalue weighted by Gasteiger charge is 2.31. The van der Waals surface area contributed by atoms with E-state index < -0.39 is 12.0 Å². The number of rotatable bonds is 4. The Balaban J connectivity index is 1.82. The second kappa shape index (κ2) is 6.69. The van der Waals surface area contributed by atoms with Crippen LogP contribution >= 0.6 is 0 Å². The van der Waals surface area contributed by atoms with Crippen molar-refractivity contribution in [1.82, 2.24) is 10.2 Å². The predicted molar refractivity (Wildman–Crippen MR) is 92.7 cm³/mol. The average molecular weight is 312 g/mol. The number of piperazine rings is 1. The van der Waals surface area contributed by atoms with Crippen LogP contribution in [0.5, 0.6) is 0 Å². The molecule has 0 spiro atoms. The summed E-state index contributed by atoms with van der Waals surface area (Å²) in [6.45, 7) is 5.76. The van der Waals surface area contributed by atoms with E-state index >= 15 is 0 Å². The van der Waals surface area contributed by atoms with Crippen molar-refractivity contribution in [3.8, 4) is 0 Å². The fourth-order valence-electron chi connectivity index (χ4n) is 3.59. The molecule has 3 rings (SSSR count). The zero-order valence-electron chi connectivity index (χ0n) is 13.7. The van der Waals surface area contributed by atoms with Gasteiger partial charge in [0.2, 0.25) is 0 Å². The second-order valence-electron chi connectivity index (χ2n) is 6.66. The minimum absolute atomic E-state index is 0.317. The van der Waals surface area contributed by atoms with Crippen molar-refractivity contribution in [1.29, 1.82) is 0 Å². The lowest BCUT2D eigenvalue weighted by Crippen LogP contribution is -2.59. The minimum Gasteiger partial charge on any atom is -0.480 e. The molecule has 0 amide bonds. The summed E-state index contributed by atoms with van der Waals surface area (Å²) in [7, 11) is 0. The van der Waals surface area contributed by atoms with E-state index in [2.05, 4.69) is 48.3 Å². The highest BCUT2D eigenvalue weighted by molar-refractivity contribution is 5.83. The Kier molecular flexibility index (Phi) is 4.64. The Labute approximate surface area is 137 Å². The Bertz CT molecular complexity index is 691. The van der Waals surface area contributed by atoms with E-state index in [1.54, 1.807) is 0 Å². The summed E-state index contributed by atoms with van der Waals surface area (Å²) in [5.74, 6) is -0.737. The number of hydrogen-bond donors (Lipinski definition) is 2. The Morgan fingerprint density at radius 3 is 2.48 bits per heavy atom. The van der Waals surface area contributed by atoms with Crippen molar-refractivity contribution < 1.29 is 9.90 Å². The third kappa shape index (κ3) is 3.71. The first-order valence-electron chi connectivity index (χ1n) is 8.23. The molecule has 0 radical (unpaired) electrons. The highest BCUT2D eigenvalue weighted by Crippen LogP contribution is 2.19. The average Bonchev–Trinajstić information content (AvgIpc) is 2.51. The molecule has 1 aliphatic rings. The van der Waals surface area contributed by atoms with Crippen LogP contribution in [0.15, 0.2) is 42.5 Å². The molecule has 1 unspecified atom stereocenters. The van der Waals surface area contributed by atoms with E-state index in [1.165, 1.54) is 5.39 Å². The van der Waals surface area contributed by atoms with Gasteiger partial charge in [-0.3, -0.25) is 9.69 Å². The van der Waals surface area contributed by atoms with Gasteiger partial charge >= 0.3 is 5.97 Å². The van der Waals surface area contributed by atoms with Gasteiger partial charge in [-0.2, -0.15) is 0 Å². The number of benzene rings is 2. The maximum atomic E-state index is 11.8. The molecule has 0 saturated carbocycles. The van der Waals surface area contributed by atoms with Gasteiger partial charge in [-0.05, 0) is 36.6 Å². The number of hydrogen-bond acceptors (Lipinski definition) is 3. The van der Waals surface area contributed by atoms with Crippen molar-refractivity contribution >= 4 is 16.7 Å². The van der Waals surface area contributed by atoms with E-state index in [4.69, 9.17) is 0 Å². The van der Waals surface area contributed by atoms with Crippen LogP contribution in [0.4, 0.5) is 0 Å². The first-order valence-corrected chi connectivity index (χ1v) is 8.23. The SMILES string of the molecule is C[C@@H]1CN(C(Cc2ccc3ccccc3c2)C(=O)O)C[C@H](C)N1.